The third kappa shape index (κ3) is 4.75. The molecule has 0 aliphatic rings. The fraction of sp³-hybridized carbons (Fsp3) is 0.857. The molecule has 1 amide bonds. The van der Waals surface area contributed by atoms with Crippen molar-refractivity contribution in [3.63, 3.8) is 0 Å². The van der Waals surface area contributed by atoms with Gasteiger partial charge in [0.05, 0.1) is 12.1 Å². The van der Waals surface area contributed by atoms with Gasteiger partial charge in [0.1, 0.15) is 0 Å². The van der Waals surface area contributed by atoms with Crippen LogP contribution in [0.15, 0.2) is 0 Å². The van der Waals surface area contributed by atoms with Crippen LogP contribution < -0.4 is 11.1 Å². The summed E-state index contributed by atoms with van der Waals surface area (Å²) in [6, 6.07) is -0.450. The minimum Gasteiger partial charge on any atom is -0.392 e. The lowest BCUT2D eigenvalue weighted by atomic mass is 10.2. The summed E-state index contributed by atoms with van der Waals surface area (Å²) >= 11 is 0. The van der Waals surface area contributed by atoms with E-state index in [0.29, 0.717) is 6.42 Å². The Morgan fingerprint density at radius 3 is 2.64 bits per heavy atom. The molecule has 0 aromatic carbocycles. The van der Waals surface area contributed by atoms with Crippen molar-refractivity contribution in [1.82, 2.24) is 5.32 Å². The molecule has 0 spiro atoms. The van der Waals surface area contributed by atoms with Crippen molar-refractivity contribution in [3.05, 3.63) is 0 Å². The van der Waals surface area contributed by atoms with Gasteiger partial charge < -0.3 is 16.2 Å². The van der Waals surface area contributed by atoms with E-state index in [1.165, 1.54) is 0 Å². The third-order valence-corrected chi connectivity index (χ3v) is 1.35. The first-order valence-electron chi connectivity index (χ1n) is 3.79. The monoisotopic (exact) mass is 160 g/mol. The molecule has 4 nitrogen and oxygen atoms in total. The molecule has 0 fully saturated rings. The molecule has 2 unspecified atom stereocenters. The molecule has 2 atom stereocenters. The van der Waals surface area contributed by atoms with Crippen molar-refractivity contribution in [1.29, 1.82) is 0 Å². The van der Waals surface area contributed by atoms with Crippen molar-refractivity contribution in [2.24, 2.45) is 5.73 Å². The molecule has 0 aromatic rings. The third-order valence-electron chi connectivity index (χ3n) is 1.35. The second kappa shape index (κ2) is 5.09. The Morgan fingerprint density at radius 1 is 1.73 bits per heavy atom. The van der Waals surface area contributed by atoms with E-state index in [9.17, 15) is 4.79 Å². The van der Waals surface area contributed by atoms with Gasteiger partial charge in [-0.05, 0) is 13.3 Å². The molecule has 4 heteroatoms. The maximum Gasteiger partial charge on any atom is 0.236 e. The molecule has 66 valence electrons. The molecule has 11 heavy (non-hydrogen) atoms. The average molecular weight is 160 g/mol. The minimum absolute atomic E-state index is 0.201. The number of hydrogen-bond donors (Lipinski definition) is 3. The van der Waals surface area contributed by atoms with Crippen LogP contribution in [0.4, 0.5) is 0 Å². The number of aliphatic hydroxyl groups excluding tert-OH is 1. The Labute approximate surface area is 66.8 Å². The van der Waals surface area contributed by atoms with Gasteiger partial charge in [-0.1, -0.05) is 6.92 Å². The van der Waals surface area contributed by atoms with Crippen LogP contribution in [0.1, 0.15) is 20.3 Å². The molecule has 0 aliphatic carbocycles. The number of amides is 1. The number of hydrogen-bond acceptors (Lipinski definition) is 3. The second-order valence-electron chi connectivity index (χ2n) is 2.61. The fourth-order valence-corrected chi connectivity index (χ4v) is 0.565. The Morgan fingerprint density at radius 2 is 2.27 bits per heavy atom. The maximum absolute atomic E-state index is 10.9. The van der Waals surface area contributed by atoms with Crippen molar-refractivity contribution >= 4 is 5.91 Å². The Bertz CT molecular complexity index is 126. The van der Waals surface area contributed by atoms with Crippen molar-refractivity contribution < 1.29 is 9.90 Å². The van der Waals surface area contributed by atoms with Gasteiger partial charge in [-0.2, -0.15) is 0 Å². The lowest BCUT2D eigenvalue weighted by molar-refractivity contribution is -0.122. The number of rotatable bonds is 4. The lowest BCUT2D eigenvalue weighted by Crippen LogP contribution is -2.42. The number of nitrogens with two attached hydrogens (primary N) is 1. The smallest absolute Gasteiger partial charge is 0.236 e. The highest BCUT2D eigenvalue weighted by molar-refractivity contribution is 5.81. The standard InChI is InChI=1S/C7H16N2O2/c1-3-6(8)7(11)9-4-5(2)10/h5-6,10H,3-4,8H2,1-2H3,(H,9,11). The highest BCUT2D eigenvalue weighted by atomic mass is 16.3. The zero-order valence-electron chi connectivity index (χ0n) is 7.00. The summed E-state index contributed by atoms with van der Waals surface area (Å²) in [5, 5.41) is 11.3. The van der Waals surface area contributed by atoms with Crippen LogP contribution in [0, 0.1) is 0 Å². The van der Waals surface area contributed by atoms with Crippen molar-refractivity contribution in [3.8, 4) is 0 Å². The largest absolute Gasteiger partial charge is 0.392 e. The molecule has 0 saturated heterocycles. The Kier molecular flexibility index (Phi) is 4.81. The van der Waals surface area contributed by atoms with Gasteiger partial charge in [0.2, 0.25) is 5.91 Å². The molecule has 0 rings (SSSR count). The summed E-state index contributed by atoms with van der Waals surface area (Å²) < 4.78 is 0. The van der Waals surface area contributed by atoms with Crippen LogP contribution in [0.25, 0.3) is 0 Å². The maximum atomic E-state index is 10.9. The van der Waals surface area contributed by atoms with Gasteiger partial charge in [-0.15, -0.1) is 0 Å². The van der Waals surface area contributed by atoms with Crippen LogP contribution in [0.5, 0.6) is 0 Å². The number of nitrogens with one attached hydrogen (secondary N) is 1. The van der Waals surface area contributed by atoms with Gasteiger partial charge >= 0.3 is 0 Å². The number of carbonyl (C=O) groups is 1. The fourth-order valence-electron chi connectivity index (χ4n) is 0.565. The van der Waals surface area contributed by atoms with Crippen molar-refractivity contribution in [2.75, 3.05) is 6.54 Å². The molecule has 0 heterocycles. The molecule has 0 saturated carbocycles. The van der Waals surface area contributed by atoms with Gasteiger partial charge in [0.25, 0.3) is 0 Å². The van der Waals surface area contributed by atoms with E-state index in [1.807, 2.05) is 6.92 Å². The Balaban J connectivity index is 3.52. The minimum atomic E-state index is -0.511. The summed E-state index contributed by atoms with van der Waals surface area (Å²) in [7, 11) is 0. The molecule has 4 N–H and O–H groups in total. The average Bonchev–Trinajstić information content (AvgIpc) is 1.98. The summed E-state index contributed by atoms with van der Waals surface area (Å²) in [6.07, 6.45) is 0.106. The van der Waals surface area contributed by atoms with E-state index in [0.717, 1.165) is 0 Å². The molecule has 0 bridgehead atoms. The van der Waals surface area contributed by atoms with E-state index in [2.05, 4.69) is 5.32 Å². The van der Waals surface area contributed by atoms with E-state index in [4.69, 9.17) is 10.8 Å². The summed E-state index contributed by atoms with van der Waals surface area (Å²) in [5.41, 5.74) is 5.41. The summed E-state index contributed by atoms with van der Waals surface area (Å²) in [5.74, 6) is -0.201. The molecule has 0 aromatic heterocycles. The highest BCUT2D eigenvalue weighted by Crippen LogP contribution is 1.85. The quantitative estimate of drug-likeness (QED) is 0.505. The van der Waals surface area contributed by atoms with Gasteiger partial charge in [-0.25, -0.2) is 0 Å². The lowest BCUT2D eigenvalue weighted by Gasteiger charge is -2.10. The predicted molar refractivity (Wildman–Crippen MR) is 43.0 cm³/mol. The molecular formula is C7H16N2O2. The summed E-state index contributed by atoms with van der Waals surface area (Å²) in [6.45, 7) is 3.72. The topological polar surface area (TPSA) is 75.4 Å². The van der Waals surface area contributed by atoms with E-state index < -0.39 is 12.1 Å². The predicted octanol–water partition coefficient (Wildman–Crippen LogP) is -0.779. The van der Waals surface area contributed by atoms with Crippen molar-refractivity contribution in [2.45, 2.75) is 32.4 Å². The first kappa shape index (κ1) is 10.4. The van der Waals surface area contributed by atoms with E-state index in [1.54, 1.807) is 6.92 Å². The summed E-state index contributed by atoms with van der Waals surface area (Å²) in [4.78, 5) is 10.9. The van der Waals surface area contributed by atoms with E-state index >= 15 is 0 Å². The highest BCUT2D eigenvalue weighted by Gasteiger charge is 2.10. The molecule has 0 radical (unpaired) electrons. The van der Waals surface area contributed by atoms with E-state index in [-0.39, 0.29) is 12.5 Å². The van der Waals surface area contributed by atoms with Gasteiger partial charge in [0.15, 0.2) is 0 Å². The second-order valence-corrected chi connectivity index (χ2v) is 2.61. The van der Waals surface area contributed by atoms with Crippen LogP contribution in [-0.4, -0.2) is 29.7 Å². The SMILES string of the molecule is CCC(N)C(=O)NCC(C)O. The zero-order chi connectivity index (χ0) is 8.85. The van der Waals surface area contributed by atoms with Crippen LogP contribution in [-0.2, 0) is 4.79 Å². The Hall–Kier alpha value is -0.610. The zero-order valence-corrected chi connectivity index (χ0v) is 7.00. The number of aliphatic hydroxyl groups is 1. The normalized spacial score (nSPS) is 15.6. The molecule has 0 aliphatic heterocycles. The van der Waals surface area contributed by atoms with Gasteiger partial charge in [0, 0.05) is 6.54 Å². The first-order valence-corrected chi connectivity index (χ1v) is 3.79. The van der Waals surface area contributed by atoms with Crippen LogP contribution >= 0.6 is 0 Å². The van der Waals surface area contributed by atoms with Crippen LogP contribution in [0.2, 0.25) is 0 Å². The van der Waals surface area contributed by atoms with Gasteiger partial charge in [-0.3, -0.25) is 4.79 Å². The first-order chi connectivity index (χ1) is 5.07. The molecular weight excluding hydrogens is 144 g/mol. The van der Waals surface area contributed by atoms with Crippen LogP contribution in [0.3, 0.4) is 0 Å². The number of carbonyl (C=O) groups excluding carboxylic acids is 1.